The van der Waals surface area contributed by atoms with Crippen molar-refractivity contribution in [1.82, 2.24) is 0 Å². The van der Waals surface area contributed by atoms with Gasteiger partial charge in [0.2, 0.25) is 0 Å². The zero-order chi connectivity index (χ0) is 14.3. The van der Waals surface area contributed by atoms with E-state index in [1.54, 1.807) is 0 Å². The lowest BCUT2D eigenvalue weighted by molar-refractivity contribution is 0.232. The monoisotopic (exact) mass is 263 g/mol. The molecule has 0 aliphatic carbocycles. The summed E-state index contributed by atoms with van der Waals surface area (Å²) in [4.78, 5) is 0. The van der Waals surface area contributed by atoms with E-state index in [-0.39, 0.29) is 6.04 Å². The van der Waals surface area contributed by atoms with Gasteiger partial charge in [-0.2, -0.15) is 0 Å². The zero-order valence-electron chi connectivity index (χ0n) is 12.9. The van der Waals surface area contributed by atoms with Crippen LogP contribution in [-0.2, 0) is 0 Å². The summed E-state index contributed by atoms with van der Waals surface area (Å²) < 4.78 is 5.98. The summed E-state index contributed by atoms with van der Waals surface area (Å²) in [7, 11) is 0. The van der Waals surface area contributed by atoms with Crippen LogP contribution in [0.1, 0.15) is 63.6 Å². The Kier molecular flexibility index (Phi) is 6.93. The molecule has 1 aromatic carbocycles. The molecule has 1 rings (SSSR count). The molecule has 0 fully saturated rings. The molecule has 2 nitrogen and oxygen atoms in total. The van der Waals surface area contributed by atoms with Crippen molar-refractivity contribution in [2.75, 3.05) is 6.61 Å². The molecule has 0 spiro atoms. The molecule has 2 atom stereocenters. The van der Waals surface area contributed by atoms with E-state index in [2.05, 4.69) is 39.0 Å². The lowest BCUT2D eigenvalue weighted by Gasteiger charge is -2.17. The molecule has 1 aromatic rings. The van der Waals surface area contributed by atoms with Crippen LogP contribution < -0.4 is 10.5 Å². The Bertz CT molecular complexity index is 374. The highest BCUT2D eigenvalue weighted by Crippen LogP contribution is 2.23. The molecule has 1 unspecified atom stereocenters. The van der Waals surface area contributed by atoms with Gasteiger partial charge in [0.15, 0.2) is 0 Å². The first-order valence-corrected chi connectivity index (χ1v) is 7.57. The van der Waals surface area contributed by atoms with E-state index >= 15 is 0 Å². The van der Waals surface area contributed by atoms with Crippen LogP contribution in [0, 0.1) is 12.8 Å². The van der Waals surface area contributed by atoms with Gasteiger partial charge in [-0.1, -0.05) is 45.2 Å². The maximum absolute atomic E-state index is 5.98. The van der Waals surface area contributed by atoms with Gasteiger partial charge < -0.3 is 10.5 Å². The highest BCUT2D eigenvalue weighted by molar-refractivity contribution is 5.37. The number of rotatable bonds is 8. The largest absolute Gasteiger partial charge is 0.493 e. The second-order valence-corrected chi connectivity index (χ2v) is 5.54. The van der Waals surface area contributed by atoms with Gasteiger partial charge in [-0.05, 0) is 43.4 Å². The van der Waals surface area contributed by atoms with E-state index in [1.165, 1.54) is 36.8 Å². The standard InChI is InChI=1S/C17H29NO/c1-5-7-8-15(6-2)12-19-17-10-9-16(14(4)18)11-13(17)3/h9-11,14-15H,5-8,12,18H2,1-4H3/t14-,15?/m0/s1. The highest BCUT2D eigenvalue weighted by atomic mass is 16.5. The number of aryl methyl sites for hydroxylation is 1. The normalized spacial score (nSPS) is 14.2. The van der Waals surface area contributed by atoms with Crippen LogP contribution in [0.2, 0.25) is 0 Å². The van der Waals surface area contributed by atoms with Crippen LogP contribution >= 0.6 is 0 Å². The molecule has 108 valence electrons. The molecule has 0 heterocycles. The molecule has 2 heteroatoms. The molecule has 0 radical (unpaired) electrons. The molecule has 19 heavy (non-hydrogen) atoms. The van der Waals surface area contributed by atoms with Crippen molar-refractivity contribution in [2.45, 2.75) is 59.4 Å². The van der Waals surface area contributed by atoms with Crippen molar-refractivity contribution in [1.29, 1.82) is 0 Å². The average Bonchev–Trinajstić information content (AvgIpc) is 2.40. The lowest BCUT2D eigenvalue weighted by Crippen LogP contribution is -2.12. The van der Waals surface area contributed by atoms with E-state index < -0.39 is 0 Å². The SMILES string of the molecule is CCCCC(CC)COc1ccc([C@H](C)N)cc1C. The minimum Gasteiger partial charge on any atom is -0.493 e. The van der Waals surface area contributed by atoms with E-state index in [0.717, 1.165) is 12.4 Å². The van der Waals surface area contributed by atoms with Crippen molar-refractivity contribution in [3.63, 3.8) is 0 Å². The van der Waals surface area contributed by atoms with Gasteiger partial charge >= 0.3 is 0 Å². The summed E-state index contributed by atoms with van der Waals surface area (Å²) in [6.07, 6.45) is 5.02. The highest BCUT2D eigenvalue weighted by Gasteiger charge is 2.09. The quantitative estimate of drug-likeness (QED) is 0.743. The predicted octanol–water partition coefficient (Wildman–Crippen LogP) is 4.61. The van der Waals surface area contributed by atoms with Gasteiger partial charge in [0.1, 0.15) is 5.75 Å². The fourth-order valence-corrected chi connectivity index (χ4v) is 2.22. The topological polar surface area (TPSA) is 35.2 Å². The molecular formula is C17H29NO. The van der Waals surface area contributed by atoms with Gasteiger partial charge in [-0.15, -0.1) is 0 Å². The summed E-state index contributed by atoms with van der Waals surface area (Å²) >= 11 is 0. The Morgan fingerprint density at radius 3 is 2.53 bits per heavy atom. The van der Waals surface area contributed by atoms with Gasteiger partial charge in [0.05, 0.1) is 6.61 Å². The Morgan fingerprint density at radius 2 is 2.00 bits per heavy atom. The number of hydrogen-bond donors (Lipinski definition) is 1. The third-order valence-corrected chi connectivity index (χ3v) is 3.74. The number of hydrogen-bond acceptors (Lipinski definition) is 2. The molecule has 2 N–H and O–H groups in total. The Balaban J connectivity index is 2.57. The first-order chi connectivity index (χ1) is 9.08. The van der Waals surface area contributed by atoms with Gasteiger partial charge in [0, 0.05) is 6.04 Å². The molecule has 0 aliphatic rings. The van der Waals surface area contributed by atoms with Crippen LogP contribution in [0.5, 0.6) is 5.75 Å². The predicted molar refractivity (Wildman–Crippen MR) is 82.6 cm³/mol. The first-order valence-electron chi connectivity index (χ1n) is 7.57. The maximum atomic E-state index is 5.98. The van der Waals surface area contributed by atoms with Crippen molar-refractivity contribution < 1.29 is 4.74 Å². The van der Waals surface area contributed by atoms with Gasteiger partial charge in [0.25, 0.3) is 0 Å². The summed E-state index contributed by atoms with van der Waals surface area (Å²) in [5.74, 6) is 1.67. The molecule has 0 saturated heterocycles. The second-order valence-electron chi connectivity index (χ2n) is 5.54. The Labute approximate surface area is 118 Å². The van der Waals surface area contributed by atoms with Crippen molar-refractivity contribution >= 4 is 0 Å². The maximum Gasteiger partial charge on any atom is 0.122 e. The van der Waals surface area contributed by atoms with Crippen LogP contribution in [0.4, 0.5) is 0 Å². The van der Waals surface area contributed by atoms with E-state index in [9.17, 15) is 0 Å². The summed E-state index contributed by atoms with van der Waals surface area (Å²) in [6.45, 7) is 9.41. The number of ether oxygens (including phenoxy) is 1. The van der Waals surface area contributed by atoms with Crippen LogP contribution in [0.3, 0.4) is 0 Å². The minimum absolute atomic E-state index is 0.0840. The van der Waals surface area contributed by atoms with Crippen LogP contribution in [0.25, 0.3) is 0 Å². The van der Waals surface area contributed by atoms with Crippen LogP contribution in [-0.4, -0.2) is 6.61 Å². The van der Waals surface area contributed by atoms with E-state index in [1.807, 2.05) is 6.92 Å². The van der Waals surface area contributed by atoms with E-state index in [0.29, 0.717) is 5.92 Å². The molecule has 0 bridgehead atoms. The van der Waals surface area contributed by atoms with Gasteiger partial charge in [-0.3, -0.25) is 0 Å². The number of nitrogens with two attached hydrogens (primary N) is 1. The summed E-state index contributed by atoms with van der Waals surface area (Å²) in [6, 6.07) is 6.34. The molecule has 0 aromatic heterocycles. The van der Waals surface area contributed by atoms with Gasteiger partial charge in [-0.25, -0.2) is 0 Å². The third-order valence-electron chi connectivity index (χ3n) is 3.74. The fraction of sp³-hybridized carbons (Fsp3) is 0.647. The van der Waals surface area contributed by atoms with Crippen LogP contribution in [0.15, 0.2) is 18.2 Å². The molecule has 0 amide bonds. The number of benzene rings is 1. The van der Waals surface area contributed by atoms with E-state index in [4.69, 9.17) is 10.5 Å². The second kappa shape index (κ2) is 8.21. The summed E-state index contributed by atoms with van der Waals surface area (Å²) in [5.41, 5.74) is 8.24. The summed E-state index contributed by atoms with van der Waals surface area (Å²) in [5, 5.41) is 0. The molecule has 0 saturated carbocycles. The average molecular weight is 263 g/mol. The first kappa shape index (κ1) is 16.0. The van der Waals surface area contributed by atoms with Crippen molar-refractivity contribution in [2.24, 2.45) is 11.7 Å². The third kappa shape index (κ3) is 5.23. The van der Waals surface area contributed by atoms with Crippen molar-refractivity contribution in [3.05, 3.63) is 29.3 Å². The fourth-order valence-electron chi connectivity index (χ4n) is 2.22. The smallest absolute Gasteiger partial charge is 0.122 e. The Morgan fingerprint density at radius 1 is 1.26 bits per heavy atom. The van der Waals surface area contributed by atoms with Crippen molar-refractivity contribution in [3.8, 4) is 5.75 Å². The Hall–Kier alpha value is -1.02. The zero-order valence-corrected chi connectivity index (χ0v) is 12.9. The number of unbranched alkanes of at least 4 members (excludes halogenated alkanes) is 1. The molecule has 0 aliphatic heterocycles. The lowest BCUT2D eigenvalue weighted by atomic mass is 10.0. The molecular weight excluding hydrogens is 234 g/mol. The minimum atomic E-state index is 0.0840.